The van der Waals surface area contributed by atoms with Gasteiger partial charge in [-0.05, 0) is 37.7 Å². The van der Waals surface area contributed by atoms with Crippen molar-refractivity contribution < 1.29 is 4.79 Å². The molecular formula is C14H22N2O2S. The summed E-state index contributed by atoms with van der Waals surface area (Å²) in [5.41, 5.74) is 2.28. The number of aryl methyl sites for hydroxylation is 2. The van der Waals surface area contributed by atoms with Crippen LogP contribution >= 0.6 is 11.8 Å². The maximum atomic E-state index is 11.8. The van der Waals surface area contributed by atoms with Crippen LogP contribution in [0.2, 0.25) is 0 Å². The van der Waals surface area contributed by atoms with E-state index in [-0.39, 0.29) is 11.5 Å². The lowest BCUT2D eigenvalue weighted by Crippen LogP contribution is -2.29. The van der Waals surface area contributed by atoms with Gasteiger partial charge in [0.05, 0.1) is 5.75 Å². The van der Waals surface area contributed by atoms with Gasteiger partial charge in [0.2, 0.25) is 5.91 Å². The molecule has 1 heterocycles. The van der Waals surface area contributed by atoms with Crippen LogP contribution in [-0.2, 0) is 11.3 Å². The Morgan fingerprint density at radius 2 is 2.16 bits per heavy atom. The predicted octanol–water partition coefficient (Wildman–Crippen LogP) is 2.14. The summed E-state index contributed by atoms with van der Waals surface area (Å²) in [5, 5.41) is 2.80. The molecule has 0 aromatic carbocycles. The van der Waals surface area contributed by atoms with Gasteiger partial charge in [0, 0.05) is 17.8 Å². The van der Waals surface area contributed by atoms with Crippen LogP contribution in [0, 0.1) is 13.8 Å². The molecule has 0 saturated carbocycles. The molecule has 0 aliphatic carbocycles. The number of hydrogen-bond donors (Lipinski definition) is 2. The van der Waals surface area contributed by atoms with Gasteiger partial charge in [-0.3, -0.25) is 9.59 Å². The van der Waals surface area contributed by atoms with Crippen LogP contribution in [-0.4, -0.2) is 22.4 Å². The second-order valence-corrected chi connectivity index (χ2v) is 5.73. The molecule has 2 N–H and O–H groups in total. The van der Waals surface area contributed by atoms with Gasteiger partial charge in [-0.15, -0.1) is 0 Å². The van der Waals surface area contributed by atoms with Gasteiger partial charge in [-0.25, -0.2) is 0 Å². The molecule has 0 aliphatic heterocycles. The molecular weight excluding hydrogens is 260 g/mol. The molecule has 0 atom stereocenters. The Balaban J connectivity index is 2.44. The third-order valence-electron chi connectivity index (χ3n) is 2.83. The summed E-state index contributed by atoms with van der Waals surface area (Å²) in [4.78, 5) is 26.1. The number of unbranched alkanes of at least 4 members (excludes halogenated alkanes) is 1. The molecule has 19 heavy (non-hydrogen) atoms. The van der Waals surface area contributed by atoms with E-state index in [0.29, 0.717) is 17.9 Å². The molecule has 4 nitrogen and oxygen atoms in total. The summed E-state index contributed by atoms with van der Waals surface area (Å²) in [5.74, 6) is 1.46. The number of amides is 1. The smallest absolute Gasteiger partial charge is 0.253 e. The lowest BCUT2D eigenvalue weighted by atomic mass is 10.1. The maximum Gasteiger partial charge on any atom is 0.253 e. The number of aromatic amines is 1. The first kappa shape index (κ1) is 15.8. The Morgan fingerprint density at radius 1 is 1.42 bits per heavy atom. The van der Waals surface area contributed by atoms with Gasteiger partial charge in [-0.2, -0.15) is 11.8 Å². The van der Waals surface area contributed by atoms with Crippen molar-refractivity contribution in [1.29, 1.82) is 0 Å². The largest absolute Gasteiger partial charge is 0.351 e. The molecule has 106 valence electrons. The Labute approximate surface area is 118 Å². The number of nitrogens with one attached hydrogen (secondary N) is 2. The summed E-state index contributed by atoms with van der Waals surface area (Å²) in [6.07, 6.45) is 2.28. The number of thioether (sulfide) groups is 1. The topological polar surface area (TPSA) is 62.0 Å². The lowest BCUT2D eigenvalue weighted by Gasteiger charge is -2.08. The first-order valence-electron chi connectivity index (χ1n) is 6.58. The highest BCUT2D eigenvalue weighted by Crippen LogP contribution is 2.05. The molecule has 0 unspecified atom stereocenters. The Kier molecular flexibility index (Phi) is 6.70. The van der Waals surface area contributed by atoms with Crippen molar-refractivity contribution in [2.45, 2.75) is 40.2 Å². The molecule has 0 bridgehead atoms. The number of carbonyl (C=O) groups is 1. The Hall–Kier alpha value is -1.23. The molecule has 1 rings (SSSR count). The summed E-state index contributed by atoms with van der Waals surface area (Å²) < 4.78 is 0. The molecule has 0 fully saturated rings. The average molecular weight is 282 g/mol. The summed E-state index contributed by atoms with van der Waals surface area (Å²) in [6.45, 7) is 6.17. The zero-order valence-electron chi connectivity index (χ0n) is 11.8. The molecule has 0 aliphatic rings. The molecule has 0 saturated heterocycles. The van der Waals surface area contributed by atoms with Crippen LogP contribution in [0.3, 0.4) is 0 Å². The maximum absolute atomic E-state index is 11.8. The number of H-pyrrole nitrogens is 1. The van der Waals surface area contributed by atoms with Crippen LogP contribution in [0.15, 0.2) is 10.9 Å². The van der Waals surface area contributed by atoms with Crippen LogP contribution < -0.4 is 10.9 Å². The fraction of sp³-hybridized carbons (Fsp3) is 0.571. The number of hydrogen-bond acceptors (Lipinski definition) is 3. The van der Waals surface area contributed by atoms with Gasteiger partial charge < -0.3 is 10.3 Å². The number of carbonyl (C=O) groups excluding carboxylic acids is 1. The first-order chi connectivity index (χ1) is 9.04. The van der Waals surface area contributed by atoms with E-state index in [1.165, 1.54) is 0 Å². The zero-order chi connectivity index (χ0) is 14.3. The van der Waals surface area contributed by atoms with E-state index in [9.17, 15) is 9.59 Å². The van der Waals surface area contributed by atoms with Crippen LogP contribution in [0.1, 0.15) is 36.6 Å². The van der Waals surface area contributed by atoms with Crippen molar-refractivity contribution in [1.82, 2.24) is 10.3 Å². The van der Waals surface area contributed by atoms with Gasteiger partial charge in [0.15, 0.2) is 0 Å². The van der Waals surface area contributed by atoms with E-state index >= 15 is 0 Å². The lowest BCUT2D eigenvalue weighted by molar-refractivity contribution is -0.118. The van der Waals surface area contributed by atoms with E-state index in [4.69, 9.17) is 0 Å². The Bertz CT molecular complexity index is 483. The van der Waals surface area contributed by atoms with E-state index in [2.05, 4.69) is 17.2 Å². The van der Waals surface area contributed by atoms with Crippen molar-refractivity contribution in [2.24, 2.45) is 0 Å². The predicted molar refractivity (Wildman–Crippen MR) is 80.6 cm³/mol. The first-order valence-corrected chi connectivity index (χ1v) is 7.74. The van der Waals surface area contributed by atoms with Crippen molar-refractivity contribution in [3.8, 4) is 0 Å². The quantitative estimate of drug-likeness (QED) is 0.753. The number of aromatic nitrogens is 1. The standard InChI is InChI=1S/C14H22N2O2S/c1-4-5-6-19-9-13(17)15-8-12-10(2)7-11(3)16-14(12)18/h7H,4-6,8-9H2,1-3H3,(H,15,17)(H,16,18). The third-order valence-corrected chi connectivity index (χ3v) is 3.88. The SMILES string of the molecule is CCCCSCC(=O)NCc1c(C)cc(C)[nH]c1=O. The second kappa shape index (κ2) is 8.04. The highest BCUT2D eigenvalue weighted by Gasteiger charge is 2.07. The number of rotatable bonds is 7. The van der Waals surface area contributed by atoms with Gasteiger partial charge >= 0.3 is 0 Å². The second-order valence-electron chi connectivity index (χ2n) is 4.63. The van der Waals surface area contributed by atoms with Crippen LogP contribution in [0.4, 0.5) is 0 Å². The fourth-order valence-corrected chi connectivity index (χ4v) is 2.68. The third kappa shape index (κ3) is 5.51. The molecule has 1 aromatic rings. The fourth-order valence-electron chi connectivity index (χ4n) is 1.75. The normalized spacial score (nSPS) is 10.5. The monoisotopic (exact) mass is 282 g/mol. The van der Waals surface area contributed by atoms with E-state index in [0.717, 1.165) is 29.9 Å². The minimum atomic E-state index is -0.114. The van der Waals surface area contributed by atoms with Crippen molar-refractivity contribution in [3.05, 3.63) is 33.2 Å². The van der Waals surface area contributed by atoms with E-state index in [1.807, 2.05) is 19.9 Å². The van der Waals surface area contributed by atoms with Gasteiger partial charge in [-0.1, -0.05) is 13.3 Å². The minimum absolute atomic E-state index is 0.0134. The molecule has 1 amide bonds. The molecule has 5 heteroatoms. The van der Waals surface area contributed by atoms with Gasteiger partial charge in [0.1, 0.15) is 0 Å². The highest BCUT2D eigenvalue weighted by molar-refractivity contribution is 7.99. The van der Waals surface area contributed by atoms with Crippen molar-refractivity contribution in [2.75, 3.05) is 11.5 Å². The molecule has 0 radical (unpaired) electrons. The average Bonchev–Trinajstić information content (AvgIpc) is 2.33. The summed E-state index contributed by atoms with van der Waals surface area (Å²) in [6, 6.07) is 1.92. The zero-order valence-corrected chi connectivity index (χ0v) is 12.7. The van der Waals surface area contributed by atoms with E-state index in [1.54, 1.807) is 11.8 Å². The highest BCUT2D eigenvalue weighted by atomic mass is 32.2. The summed E-state index contributed by atoms with van der Waals surface area (Å²) >= 11 is 1.63. The Morgan fingerprint density at radius 3 is 2.79 bits per heavy atom. The molecule has 0 spiro atoms. The van der Waals surface area contributed by atoms with Crippen LogP contribution in [0.25, 0.3) is 0 Å². The summed E-state index contributed by atoms with van der Waals surface area (Å²) in [7, 11) is 0. The molecule has 1 aromatic heterocycles. The number of pyridine rings is 1. The van der Waals surface area contributed by atoms with E-state index < -0.39 is 0 Å². The van der Waals surface area contributed by atoms with Gasteiger partial charge in [0.25, 0.3) is 5.56 Å². The van der Waals surface area contributed by atoms with Crippen molar-refractivity contribution in [3.63, 3.8) is 0 Å². The van der Waals surface area contributed by atoms with Crippen LogP contribution in [0.5, 0.6) is 0 Å². The van der Waals surface area contributed by atoms with Crippen molar-refractivity contribution >= 4 is 17.7 Å². The minimum Gasteiger partial charge on any atom is -0.351 e.